The number of nitrogens with zero attached hydrogens (tertiary/aromatic N) is 1. The van der Waals surface area contributed by atoms with Crippen molar-refractivity contribution in [2.75, 3.05) is 0 Å². The lowest BCUT2D eigenvalue weighted by atomic mass is 10.1. The fourth-order valence-corrected chi connectivity index (χ4v) is 2.49. The monoisotopic (exact) mass is 327 g/mol. The van der Waals surface area contributed by atoms with Crippen LogP contribution in [0.1, 0.15) is 83.0 Å². The van der Waals surface area contributed by atoms with Crippen LogP contribution in [0, 0.1) is 11.8 Å². The van der Waals surface area contributed by atoms with Gasteiger partial charge in [0, 0.05) is 12.1 Å². The van der Waals surface area contributed by atoms with Gasteiger partial charge in [-0.25, -0.2) is 4.98 Å². The summed E-state index contributed by atoms with van der Waals surface area (Å²) < 4.78 is 0. The minimum absolute atomic E-state index is 0.593. The largest absolute Gasteiger partial charge is 0.380 e. The third-order valence-corrected chi connectivity index (χ3v) is 3.96. The summed E-state index contributed by atoms with van der Waals surface area (Å²) >= 11 is 0. The first-order chi connectivity index (χ1) is 11.8. The van der Waals surface area contributed by atoms with E-state index in [-0.39, 0.29) is 0 Å². The Labute approximate surface area is 148 Å². The second-order valence-corrected chi connectivity index (χ2v) is 6.31. The summed E-state index contributed by atoms with van der Waals surface area (Å²) in [5.74, 6) is 5.90. The topological polar surface area (TPSA) is 33.1 Å². The number of aliphatic hydroxyl groups excluding tert-OH is 1. The van der Waals surface area contributed by atoms with Crippen molar-refractivity contribution in [3.05, 3.63) is 41.7 Å². The molecule has 24 heavy (non-hydrogen) atoms. The van der Waals surface area contributed by atoms with Crippen LogP contribution in [-0.4, -0.2) is 16.2 Å². The minimum atomic E-state index is -0.609. The summed E-state index contributed by atoms with van der Waals surface area (Å²) in [5.41, 5.74) is 1.86. The van der Waals surface area contributed by atoms with Gasteiger partial charge in [0.1, 0.15) is 11.8 Å². The van der Waals surface area contributed by atoms with Crippen LogP contribution in [0.4, 0.5) is 0 Å². The maximum atomic E-state index is 9.93. The van der Waals surface area contributed by atoms with E-state index in [1.54, 1.807) is 0 Å². The van der Waals surface area contributed by atoms with E-state index in [0.29, 0.717) is 6.42 Å². The maximum absolute atomic E-state index is 9.93. The Bertz CT molecular complexity index is 524. The molecule has 1 aromatic heterocycles. The number of hydrogen-bond donors (Lipinski definition) is 1. The standard InChI is InChI=1S/C22H33NO/c1-3-5-7-9-10-12-17-22(24)19-18-21-16-13-15-20(23-21)14-11-8-6-4-2/h10,12-13,15-16,22,24H,3-9,11,14,17H2,1-2H3/b12-10-. The molecule has 1 rings (SSSR count). The zero-order chi connectivity index (χ0) is 17.5. The van der Waals surface area contributed by atoms with Gasteiger partial charge in [0.25, 0.3) is 0 Å². The van der Waals surface area contributed by atoms with Crippen LogP contribution in [0.3, 0.4) is 0 Å². The first kappa shape index (κ1) is 20.5. The number of pyridine rings is 1. The van der Waals surface area contributed by atoms with Gasteiger partial charge < -0.3 is 5.11 Å². The lowest BCUT2D eigenvalue weighted by Crippen LogP contribution is -2.00. The molecule has 1 atom stereocenters. The quantitative estimate of drug-likeness (QED) is 0.333. The summed E-state index contributed by atoms with van der Waals surface area (Å²) in [5, 5.41) is 9.93. The highest BCUT2D eigenvalue weighted by Crippen LogP contribution is 2.07. The number of aromatic nitrogens is 1. The molecule has 1 heterocycles. The smallest absolute Gasteiger partial charge is 0.118 e. The first-order valence-corrected chi connectivity index (χ1v) is 9.56. The Morgan fingerprint density at radius 3 is 2.62 bits per heavy atom. The molecular formula is C22H33NO. The maximum Gasteiger partial charge on any atom is 0.118 e. The van der Waals surface area contributed by atoms with E-state index in [0.717, 1.165) is 24.2 Å². The molecule has 0 aliphatic rings. The third kappa shape index (κ3) is 10.2. The number of rotatable bonds is 11. The molecule has 2 heteroatoms. The van der Waals surface area contributed by atoms with E-state index < -0.39 is 6.10 Å². The van der Waals surface area contributed by atoms with Crippen molar-refractivity contribution >= 4 is 0 Å². The summed E-state index contributed by atoms with van der Waals surface area (Å²) in [6.07, 6.45) is 15.0. The van der Waals surface area contributed by atoms with Crippen LogP contribution in [0.5, 0.6) is 0 Å². The Morgan fingerprint density at radius 2 is 1.83 bits per heavy atom. The van der Waals surface area contributed by atoms with Gasteiger partial charge in [-0.15, -0.1) is 0 Å². The van der Waals surface area contributed by atoms with Gasteiger partial charge in [-0.1, -0.05) is 70.1 Å². The number of aliphatic hydroxyl groups is 1. The van der Waals surface area contributed by atoms with Gasteiger partial charge in [0.05, 0.1) is 0 Å². The second kappa shape index (κ2) is 13.8. The predicted octanol–water partition coefficient (Wildman–Crippen LogP) is 5.44. The van der Waals surface area contributed by atoms with Crippen molar-refractivity contribution in [1.82, 2.24) is 4.98 Å². The highest BCUT2D eigenvalue weighted by Gasteiger charge is 1.98. The van der Waals surface area contributed by atoms with Crippen molar-refractivity contribution < 1.29 is 5.11 Å². The van der Waals surface area contributed by atoms with Crippen LogP contribution in [0.15, 0.2) is 30.4 Å². The molecule has 0 bridgehead atoms. The van der Waals surface area contributed by atoms with Crippen molar-refractivity contribution in [1.29, 1.82) is 0 Å². The molecular weight excluding hydrogens is 294 g/mol. The fourth-order valence-electron chi connectivity index (χ4n) is 2.49. The number of allylic oxidation sites excluding steroid dienone is 1. The van der Waals surface area contributed by atoms with Crippen LogP contribution < -0.4 is 0 Å². The zero-order valence-electron chi connectivity index (χ0n) is 15.4. The number of aryl methyl sites for hydroxylation is 1. The zero-order valence-corrected chi connectivity index (χ0v) is 15.4. The van der Waals surface area contributed by atoms with E-state index in [4.69, 9.17) is 0 Å². The second-order valence-electron chi connectivity index (χ2n) is 6.31. The molecule has 0 fully saturated rings. The van der Waals surface area contributed by atoms with Gasteiger partial charge in [-0.3, -0.25) is 0 Å². The van der Waals surface area contributed by atoms with Crippen molar-refractivity contribution in [2.24, 2.45) is 0 Å². The molecule has 0 aliphatic carbocycles. The molecule has 0 amide bonds. The Hall–Kier alpha value is -1.59. The molecule has 1 N–H and O–H groups in total. The van der Waals surface area contributed by atoms with Crippen molar-refractivity contribution in [3.63, 3.8) is 0 Å². The molecule has 2 nitrogen and oxygen atoms in total. The molecule has 0 radical (unpaired) electrons. The van der Waals surface area contributed by atoms with Gasteiger partial charge in [-0.05, 0) is 43.7 Å². The van der Waals surface area contributed by atoms with Crippen molar-refractivity contribution in [3.8, 4) is 11.8 Å². The summed E-state index contributed by atoms with van der Waals surface area (Å²) in [7, 11) is 0. The molecule has 1 aromatic rings. The lowest BCUT2D eigenvalue weighted by molar-refractivity contribution is 0.236. The van der Waals surface area contributed by atoms with E-state index in [2.05, 4.69) is 42.8 Å². The van der Waals surface area contributed by atoms with E-state index in [1.165, 1.54) is 44.9 Å². The van der Waals surface area contributed by atoms with Gasteiger partial charge >= 0.3 is 0 Å². The fraction of sp³-hybridized carbons (Fsp3) is 0.591. The molecule has 0 aliphatic heterocycles. The number of hydrogen-bond acceptors (Lipinski definition) is 2. The predicted molar refractivity (Wildman–Crippen MR) is 103 cm³/mol. The van der Waals surface area contributed by atoms with E-state index >= 15 is 0 Å². The molecule has 0 saturated heterocycles. The Morgan fingerprint density at radius 1 is 1.04 bits per heavy atom. The summed E-state index contributed by atoms with van der Waals surface area (Å²) in [6, 6.07) is 5.98. The molecule has 0 spiro atoms. The van der Waals surface area contributed by atoms with Crippen molar-refractivity contribution in [2.45, 2.75) is 84.2 Å². The lowest BCUT2D eigenvalue weighted by Gasteiger charge is -2.01. The van der Waals surface area contributed by atoms with Gasteiger partial charge in [0.2, 0.25) is 0 Å². The van der Waals surface area contributed by atoms with E-state index in [9.17, 15) is 5.11 Å². The normalized spacial score (nSPS) is 12.1. The van der Waals surface area contributed by atoms with Crippen LogP contribution in [-0.2, 0) is 6.42 Å². The average Bonchev–Trinajstić information content (AvgIpc) is 2.60. The third-order valence-electron chi connectivity index (χ3n) is 3.96. The summed E-state index contributed by atoms with van der Waals surface area (Å²) in [6.45, 7) is 4.43. The Kier molecular flexibility index (Phi) is 11.8. The Balaban J connectivity index is 2.38. The number of unbranched alkanes of at least 4 members (excludes halogenated alkanes) is 6. The minimum Gasteiger partial charge on any atom is -0.380 e. The van der Waals surface area contributed by atoms with Crippen LogP contribution >= 0.6 is 0 Å². The molecule has 0 saturated carbocycles. The molecule has 132 valence electrons. The highest BCUT2D eigenvalue weighted by molar-refractivity contribution is 5.30. The molecule has 1 unspecified atom stereocenters. The summed E-state index contributed by atoms with van der Waals surface area (Å²) in [4.78, 5) is 4.57. The average molecular weight is 328 g/mol. The van der Waals surface area contributed by atoms with Crippen LogP contribution in [0.2, 0.25) is 0 Å². The highest BCUT2D eigenvalue weighted by atomic mass is 16.3. The molecule has 0 aromatic carbocycles. The first-order valence-electron chi connectivity index (χ1n) is 9.56. The SMILES string of the molecule is CCCCC/C=C\CC(O)C#Cc1cccc(CCCCCC)n1. The van der Waals surface area contributed by atoms with Gasteiger partial charge in [0.15, 0.2) is 0 Å². The van der Waals surface area contributed by atoms with Crippen LogP contribution in [0.25, 0.3) is 0 Å². The van der Waals surface area contributed by atoms with E-state index in [1.807, 2.05) is 18.2 Å². The van der Waals surface area contributed by atoms with Gasteiger partial charge in [-0.2, -0.15) is 0 Å².